The van der Waals surface area contributed by atoms with Gasteiger partial charge in [0.15, 0.2) is 0 Å². The molecule has 1 amide bonds. The largest absolute Gasteiger partial charge is 0.365 e. The van der Waals surface area contributed by atoms with Gasteiger partial charge >= 0.3 is 0 Å². The molecule has 2 rings (SSSR count). The van der Waals surface area contributed by atoms with Crippen molar-refractivity contribution in [2.45, 2.75) is 44.6 Å². The lowest BCUT2D eigenvalue weighted by Gasteiger charge is -2.40. The first-order valence-electron chi connectivity index (χ1n) is 5.73. The normalized spacial score (nSPS) is 28.2. The van der Waals surface area contributed by atoms with Crippen molar-refractivity contribution in [3.8, 4) is 0 Å². The highest BCUT2D eigenvalue weighted by Crippen LogP contribution is 2.41. The van der Waals surface area contributed by atoms with E-state index in [0.29, 0.717) is 16.9 Å². The fourth-order valence-corrected chi connectivity index (χ4v) is 3.59. The maximum absolute atomic E-state index is 11.2. The lowest BCUT2D eigenvalue weighted by Crippen LogP contribution is -2.46. The fourth-order valence-electron chi connectivity index (χ4n) is 2.49. The molecular weight excluding hydrogens is 222 g/mol. The summed E-state index contributed by atoms with van der Waals surface area (Å²) < 4.78 is 0. The molecule has 90 valence electrons. The van der Waals surface area contributed by atoms with Crippen molar-refractivity contribution in [2.75, 3.05) is 0 Å². The molecule has 0 radical (unpaired) electrons. The van der Waals surface area contributed by atoms with Gasteiger partial charge in [-0.2, -0.15) is 0 Å². The highest BCUT2D eigenvalue weighted by atomic mass is 32.2. The van der Waals surface area contributed by atoms with Crippen LogP contribution >= 0.6 is 11.8 Å². The maximum Gasteiger partial charge on any atom is 0.257 e. The van der Waals surface area contributed by atoms with Crippen LogP contribution in [-0.4, -0.2) is 22.3 Å². The number of thioether (sulfide) groups is 1. The highest BCUT2D eigenvalue weighted by Gasteiger charge is 2.37. The first-order chi connectivity index (χ1) is 7.52. The Morgan fingerprint density at radius 3 is 2.56 bits per heavy atom. The van der Waals surface area contributed by atoms with Gasteiger partial charge in [-0.15, -0.1) is 0 Å². The molecule has 0 spiro atoms. The van der Waals surface area contributed by atoms with E-state index in [1.807, 2.05) is 6.92 Å². The van der Waals surface area contributed by atoms with Gasteiger partial charge in [-0.1, -0.05) is 18.2 Å². The topological polar surface area (TPSA) is 72.3 Å². The number of nitrogens with two attached hydrogens (primary N) is 2. The number of rotatable bonds is 3. The van der Waals surface area contributed by atoms with Crippen LogP contribution in [0.2, 0.25) is 0 Å². The Bertz CT molecular complexity index is 338. The van der Waals surface area contributed by atoms with Gasteiger partial charge in [-0.05, 0) is 32.6 Å². The van der Waals surface area contributed by atoms with Crippen LogP contribution in [0.5, 0.6) is 0 Å². The monoisotopic (exact) mass is 241 g/mol. The van der Waals surface area contributed by atoms with Crippen LogP contribution in [0.25, 0.3) is 0 Å². The molecule has 2 atom stereocenters. The van der Waals surface area contributed by atoms with Crippen LogP contribution in [0.3, 0.4) is 0 Å². The predicted octanol–water partition coefficient (Wildman–Crippen LogP) is 1.18. The van der Waals surface area contributed by atoms with E-state index in [9.17, 15) is 4.79 Å². The Morgan fingerprint density at radius 1 is 1.56 bits per heavy atom. The van der Waals surface area contributed by atoms with Crippen LogP contribution in [0.1, 0.15) is 33.1 Å². The minimum atomic E-state index is -0.360. The van der Waals surface area contributed by atoms with E-state index in [1.165, 1.54) is 31.0 Å². The third kappa shape index (κ3) is 1.82. The first kappa shape index (κ1) is 11.8. The predicted molar refractivity (Wildman–Crippen MR) is 66.1 cm³/mol. The number of nitrogens with zero attached hydrogens (tertiary/aromatic N) is 1. The van der Waals surface area contributed by atoms with Gasteiger partial charge in [0, 0.05) is 11.7 Å². The Balaban J connectivity index is 2.16. The molecule has 4 nitrogen and oxygen atoms in total. The number of amides is 1. The minimum absolute atomic E-state index is 0.155. The summed E-state index contributed by atoms with van der Waals surface area (Å²) in [5.41, 5.74) is 12.2. The molecule has 16 heavy (non-hydrogen) atoms. The van der Waals surface area contributed by atoms with Crippen molar-refractivity contribution in [3.63, 3.8) is 0 Å². The number of allylic oxidation sites excluding steroid dienone is 1. The van der Waals surface area contributed by atoms with E-state index in [-0.39, 0.29) is 11.4 Å². The quantitative estimate of drug-likeness (QED) is 0.778. The molecule has 2 aliphatic rings. The summed E-state index contributed by atoms with van der Waals surface area (Å²) in [5.74, 6) is 0.357. The van der Waals surface area contributed by atoms with Crippen LogP contribution < -0.4 is 11.5 Å². The van der Waals surface area contributed by atoms with E-state index < -0.39 is 0 Å². The molecule has 0 bridgehead atoms. The number of hydrogen-bond acceptors (Lipinski definition) is 4. The molecule has 0 aromatic carbocycles. The zero-order valence-electron chi connectivity index (χ0n) is 9.77. The lowest BCUT2D eigenvalue weighted by atomic mass is 9.80. The molecule has 0 saturated heterocycles. The van der Waals surface area contributed by atoms with E-state index in [1.54, 1.807) is 0 Å². The molecule has 1 aliphatic carbocycles. The van der Waals surface area contributed by atoms with E-state index in [0.717, 1.165) is 5.70 Å². The summed E-state index contributed by atoms with van der Waals surface area (Å²) in [5, 5.41) is 0. The summed E-state index contributed by atoms with van der Waals surface area (Å²) in [4.78, 5) is 14.0. The Morgan fingerprint density at radius 2 is 2.19 bits per heavy atom. The zero-order valence-corrected chi connectivity index (χ0v) is 10.6. The van der Waals surface area contributed by atoms with Crippen molar-refractivity contribution < 1.29 is 4.79 Å². The van der Waals surface area contributed by atoms with E-state index >= 15 is 0 Å². The molecule has 1 aliphatic heterocycles. The van der Waals surface area contributed by atoms with Crippen LogP contribution in [0, 0.1) is 5.92 Å². The maximum atomic E-state index is 11.2. The van der Waals surface area contributed by atoms with Crippen LogP contribution in [0.4, 0.5) is 0 Å². The van der Waals surface area contributed by atoms with E-state index in [2.05, 4.69) is 11.8 Å². The average molecular weight is 241 g/mol. The molecule has 2 unspecified atom stereocenters. The second-order valence-corrected chi connectivity index (χ2v) is 5.75. The van der Waals surface area contributed by atoms with Gasteiger partial charge in [-0.3, -0.25) is 4.79 Å². The Kier molecular flexibility index (Phi) is 3.17. The van der Waals surface area contributed by atoms with Gasteiger partial charge in [0.1, 0.15) is 5.50 Å². The molecule has 5 heteroatoms. The third-order valence-electron chi connectivity index (χ3n) is 3.72. The molecular formula is C11H19N3OS. The van der Waals surface area contributed by atoms with Crippen molar-refractivity contribution in [1.29, 1.82) is 0 Å². The van der Waals surface area contributed by atoms with Crippen molar-refractivity contribution >= 4 is 17.7 Å². The zero-order chi connectivity index (χ0) is 11.9. The minimum Gasteiger partial charge on any atom is -0.365 e. The highest BCUT2D eigenvalue weighted by molar-refractivity contribution is 8.04. The molecule has 0 aromatic rings. The molecule has 0 aromatic heterocycles. The number of hydrogen-bond donors (Lipinski definition) is 2. The second kappa shape index (κ2) is 4.30. The molecule has 4 N–H and O–H groups in total. The third-order valence-corrected chi connectivity index (χ3v) is 4.92. The lowest BCUT2D eigenvalue weighted by molar-refractivity contribution is -0.114. The first-order valence-corrected chi connectivity index (χ1v) is 6.61. The van der Waals surface area contributed by atoms with Crippen LogP contribution in [-0.2, 0) is 4.79 Å². The summed E-state index contributed by atoms with van der Waals surface area (Å²) in [6.07, 6.45) is 3.86. The van der Waals surface area contributed by atoms with Crippen molar-refractivity contribution in [3.05, 3.63) is 10.6 Å². The molecule has 1 saturated carbocycles. The Hall–Kier alpha value is -0.680. The Labute approximate surface area is 100 Å². The van der Waals surface area contributed by atoms with Gasteiger partial charge in [0.05, 0.1) is 4.91 Å². The van der Waals surface area contributed by atoms with Gasteiger partial charge in [0.25, 0.3) is 5.91 Å². The summed E-state index contributed by atoms with van der Waals surface area (Å²) in [6, 6.07) is 0.410. The SMILES string of the molecule is CC1=C(C(N)=O)SC(N)N1C(C)C1CCC1. The molecule has 1 heterocycles. The van der Waals surface area contributed by atoms with Gasteiger partial charge < -0.3 is 16.4 Å². The summed E-state index contributed by atoms with van der Waals surface area (Å²) >= 11 is 1.38. The van der Waals surface area contributed by atoms with Gasteiger partial charge in [-0.25, -0.2) is 0 Å². The standard InChI is InChI=1S/C11H19N3OS/c1-6(8-4-3-5-8)14-7(2)9(10(12)15)16-11(14)13/h6,8,11H,3-5,13H2,1-2H3,(H2,12,15). The fraction of sp³-hybridized carbons (Fsp3) is 0.727. The molecule has 1 fully saturated rings. The summed E-state index contributed by atoms with van der Waals surface area (Å²) in [6.45, 7) is 4.13. The van der Waals surface area contributed by atoms with E-state index in [4.69, 9.17) is 11.5 Å². The average Bonchev–Trinajstić information content (AvgIpc) is 2.38. The van der Waals surface area contributed by atoms with Crippen molar-refractivity contribution in [1.82, 2.24) is 4.90 Å². The number of carbonyl (C=O) groups is 1. The van der Waals surface area contributed by atoms with Crippen LogP contribution in [0.15, 0.2) is 10.6 Å². The smallest absolute Gasteiger partial charge is 0.257 e. The van der Waals surface area contributed by atoms with Gasteiger partial charge in [0.2, 0.25) is 0 Å². The van der Waals surface area contributed by atoms with Crippen molar-refractivity contribution in [2.24, 2.45) is 17.4 Å². The number of carbonyl (C=O) groups excluding carboxylic acids is 1. The second-order valence-electron chi connectivity index (χ2n) is 4.63. The summed E-state index contributed by atoms with van der Waals surface area (Å²) in [7, 11) is 0. The number of primary amides is 1.